The third-order valence-electron chi connectivity index (χ3n) is 4.98. The van der Waals surface area contributed by atoms with Crippen molar-refractivity contribution in [3.63, 3.8) is 0 Å². The van der Waals surface area contributed by atoms with Gasteiger partial charge in [0.15, 0.2) is 0 Å². The lowest BCUT2D eigenvalue weighted by atomic mass is 10.1. The average molecular weight is 376 g/mol. The van der Waals surface area contributed by atoms with E-state index in [1.165, 1.54) is 14.7 Å². The fraction of sp³-hybridized carbons (Fsp3) is 0.238. The molecule has 0 unspecified atom stereocenters. The maximum atomic E-state index is 12.8. The van der Waals surface area contributed by atoms with Crippen LogP contribution in [0.2, 0.25) is 0 Å². The SMILES string of the molecule is CCn1c(=O)c2ccccc2n(Cc2nc(-c3ccc(C)c(C)c3)no2)c1=O. The van der Waals surface area contributed by atoms with Crippen molar-refractivity contribution in [2.24, 2.45) is 0 Å². The Morgan fingerprint density at radius 1 is 1.00 bits per heavy atom. The Balaban J connectivity index is 1.79. The van der Waals surface area contributed by atoms with E-state index < -0.39 is 5.69 Å². The second-order valence-electron chi connectivity index (χ2n) is 6.75. The summed E-state index contributed by atoms with van der Waals surface area (Å²) in [7, 11) is 0. The van der Waals surface area contributed by atoms with Crippen LogP contribution in [0, 0.1) is 13.8 Å². The number of benzene rings is 2. The molecule has 0 aliphatic rings. The van der Waals surface area contributed by atoms with Gasteiger partial charge in [0.2, 0.25) is 11.7 Å². The maximum absolute atomic E-state index is 12.8. The molecule has 2 aromatic heterocycles. The Hall–Kier alpha value is -3.48. The van der Waals surface area contributed by atoms with Gasteiger partial charge in [-0.1, -0.05) is 29.4 Å². The molecule has 0 spiro atoms. The molecule has 0 aliphatic carbocycles. The van der Waals surface area contributed by atoms with Crippen LogP contribution in [0.25, 0.3) is 22.3 Å². The molecule has 4 aromatic rings. The lowest BCUT2D eigenvalue weighted by Gasteiger charge is -2.11. The summed E-state index contributed by atoms with van der Waals surface area (Å²) in [5.41, 5.74) is 3.05. The third-order valence-corrected chi connectivity index (χ3v) is 4.98. The van der Waals surface area contributed by atoms with Crippen molar-refractivity contribution < 1.29 is 4.52 Å². The Bertz CT molecular complexity index is 1300. The van der Waals surface area contributed by atoms with Crippen LogP contribution in [0.1, 0.15) is 23.9 Å². The molecule has 2 aromatic carbocycles. The topological polar surface area (TPSA) is 82.9 Å². The van der Waals surface area contributed by atoms with Crippen LogP contribution >= 0.6 is 0 Å². The summed E-state index contributed by atoms with van der Waals surface area (Å²) in [5.74, 6) is 0.779. The van der Waals surface area contributed by atoms with Crippen molar-refractivity contribution in [1.29, 1.82) is 0 Å². The first-order valence-corrected chi connectivity index (χ1v) is 9.12. The van der Waals surface area contributed by atoms with E-state index >= 15 is 0 Å². The molecule has 0 fully saturated rings. The summed E-state index contributed by atoms with van der Waals surface area (Å²) in [6, 6.07) is 13.0. The van der Waals surface area contributed by atoms with E-state index in [4.69, 9.17) is 4.52 Å². The van der Waals surface area contributed by atoms with Crippen molar-refractivity contribution in [3.05, 3.63) is 80.3 Å². The molecule has 0 radical (unpaired) electrons. The van der Waals surface area contributed by atoms with Gasteiger partial charge in [0.1, 0.15) is 6.54 Å². The van der Waals surface area contributed by atoms with Gasteiger partial charge in [-0.25, -0.2) is 4.79 Å². The van der Waals surface area contributed by atoms with Gasteiger partial charge in [0.25, 0.3) is 5.56 Å². The van der Waals surface area contributed by atoms with Gasteiger partial charge >= 0.3 is 5.69 Å². The van der Waals surface area contributed by atoms with Crippen LogP contribution in [-0.2, 0) is 13.1 Å². The van der Waals surface area contributed by atoms with E-state index in [0.717, 1.165) is 11.1 Å². The quantitative estimate of drug-likeness (QED) is 0.547. The summed E-state index contributed by atoms with van der Waals surface area (Å²) in [6.45, 7) is 6.23. The number of aryl methyl sites for hydroxylation is 2. The van der Waals surface area contributed by atoms with Crippen LogP contribution in [-0.4, -0.2) is 19.3 Å². The number of nitrogens with zero attached hydrogens (tertiary/aromatic N) is 4. The molecule has 0 N–H and O–H groups in total. The van der Waals surface area contributed by atoms with Gasteiger partial charge in [0.05, 0.1) is 10.9 Å². The van der Waals surface area contributed by atoms with Crippen molar-refractivity contribution in [3.8, 4) is 11.4 Å². The largest absolute Gasteiger partial charge is 0.337 e. The van der Waals surface area contributed by atoms with E-state index in [9.17, 15) is 9.59 Å². The minimum absolute atomic E-state index is 0.0947. The first kappa shape index (κ1) is 17.9. The molecule has 0 saturated heterocycles. The molecule has 2 heterocycles. The van der Waals surface area contributed by atoms with Gasteiger partial charge in [-0.2, -0.15) is 4.98 Å². The zero-order chi connectivity index (χ0) is 19.8. The Morgan fingerprint density at radius 3 is 2.54 bits per heavy atom. The average Bonchev–Trinajstić information content (AvgIpc) is 3.16. The number of aromatic nitrogens is 4. The summed E-state index contributed by atoms with van der Waals surface area (Å²) < 4.78 is 8.10. The molecule has 7 nitrogen and oxygen atoms in total. The highest BCUT2D eigenvalue weighted by Crippen LogP contribution is 2.20. The molecule has 28 heavy (non-hydrogen) atoms. The molecule has 7 heteroatoms. The fourth-order valence-corrected chi connectivity index (χ4v) is 3.25. The predicted molar refractivity (Wildman–Crippen MR) is 106 cm³/mol. The normalized spacial score (nSPS) is 11.2. The molecule has 0 saturated carbocycles. The van der Waals surface area contributed by atoms with Crippen LogP contribution in [0.15, 0.2) is 56.6 Å². The first-order valence-electron chi connectivity index (χ1n) is 9.12. The van der Waals surface area contributed by atoms with E-state index in [0.29, 0.717) is 29.2 Å². The molecular weight excluding hydrogens is 356 g/mol. The smallest absolute Gasteiger partial charge is 0.331 e. The highest BCUT2D eigenvalue weighted by atomic mass is 16.5. The lowest BCUT2D eigenvalue weighted by molar-refractivity contribution is 0.369. The van der Waals surface area contributed by atoms with E-state index in [1.54, 1.807) is 31.2 Å². The molecule has 0 bridgehead atoms. The molecule has 142 valence electrons. The molecular formula is C21H20N4O3. The lowest BCUT2D eigenvalue weighted by Crippen LogP contribution is -2.39. The first-order chi connectivity index (χ1) is 13.5. The number of fused-ring (bicyclic) bond motifs is 1. The van der Waals surface area contributed by atoms with Gasteiger partial charge in [-0.05, 0) is 50.1 Å². The number of hydrogen-bond acceptors (Lipinski definition) is 5. The van der Waals surface area contributed by atoms with E-state index in [-0.39, 0.29) is 12.1 Å². The summed E-state index contributed by atoms with van der Waals surface area (Å²) in [6.07, 6.45) is 0. The highest BCUT2D eigenvalue weighted by Gasteiger charge is 2.15. The fourth-order valence-electron chi connectivity index (χ4n) is 3.25. The molecule has 0 amide bonds. The zero-order valence-corrected chi connectivity index (χ0v) is 16.0. The zero-order valence-electron chi connectivity index (χ0n) is 16.0. The van der Waals surface area contributed by atoms with E-state index in [2.05, 4.69) is 10.1 Å². The summed E-state index contributed by atoms with van der Waals surface area (Å²) in [4.78, 5) is 29.8. The van der Waals surface area contributed by atoms with Gasteiger partial charge in [0, 0.05) is 12.1 Å². The number of para-hydroxylation sites is 1. The highest BCUT2D eigenvalue weighted by molar-refractivity contribution is 5.77. The second-order valence-corrected chi connectivity index (χ2v) is 6.75. The van der Waals surface area contributed by atoms with Crippen molar-refractivity contribution >= 4 is 10.9 Å². The number of rotatable bonds is 4. The summed E-state index contributed by atoms with van der Waals surface area (Å²) >= 11 is 0. The predicted octanol–water partition coefficient (Wildman–Crippen LogP) is 2.90. The Kier molecular flexibility index (Phi) is 4.43. The maximum Gasteiger partial charge on any atom is 0.331 e. The Morgan fingerprint density at radius 2 is 1.79 bits per heavy atom. The standard InChI is InChI=1S/C21H20N4O3/c1-4-24-20(26)16-7-5-6-8-17(16)25(21(24)27)12-18-22-19(23-28-18)15-10-9-13(2)14(3)11-15/h5-11H,4,12H2,1-3H3. The number of hydrogen-bond donors (Lipinski definition) is 0. The Labute approximate surface area is 160 Å². The molecule has 4 rings (SSSR count). The van der Waals surface area contributed by atoms with Gasteiger partial charge < -0.3 is 4.52 Å². The monoisotopic (exact) mass is 376 g/mol. The summed E-state index contributed by atoms with van der Waals surface area (Å²) in [5, 5.41) is 4.54. The van der Waals surface area contributed by atoms with Gasteiger partial charge in [-0.15, -0.1) is 0 Å². The van der Waals surface area contributed by atoms with Crippen molar-refractivity contribution in [2.45, 2.75) is 33.9 Å². The van der Waals surface area contributed by atoms with Crippen LogP contribution in [0.4, 0.5) is 0 Å². The minimum Gasteiger partial charge on any atom is -0.337 e. The van der Waals surface area contributed by atoms with Crippen LogP contribution in [0.3, 0.4) is 0 Å². The molecule has 0 atom stereocenters. The van der Waals surface area contributed by atoms with Crippen molar-refractivity contribution in [1.82, 2.24) is 19.3 Å². The van der Waals surface area contributed by atoms with Gasteiger partial charge in [-0.3, -0.25) is 13.9 Å². The van der Waals surface area contributed by atoms with Crippen molar-refractivity contribution in [2.75, 3.05) is 0 Å². The van der Waals surface area contributed by atoms with E-state index in [1.807, 2.05) is 32.0 Å². The van der Waals surface area contributed by atoms with Crippen LogP contribution in [0.5, 0.6) is 0 Å². The van der Waals surface area contributed by atoms with Crippen LogP contribution < -0.4 is 11.2 Å². The minimum atomic E-state index is -0.392. The third kappa shape index (κ3) is 2.94. The second kappa shape index (κ2) is 6.92. The molecule has 0 aliphatic heterocycles.